The largest absolute Gasteiger partial charge is 0.494 e. The van der Waals surface area contributed by atoms with Crippen molar-refractivity contribution in [3.63, 3.8) is 0 Å². The molecule has 6 nitrogen and oxygen atoms in total. The van der Waals surface area contributed by atoms with Crippen molar-refractivity contribution in [2.75, 3.05) is 12.4 Å². The quantitative estimate of drug-likeness (QED) is 0.650. The average Bonchev–Trinajstić information content (AvgIpc) is 3.24. The van der Waals surface area contributed by atoms with Crippen LogP contribution in [0.15, 0.2) is 36.7 Å². The third-order valence-corrected chi connectivity index (χ3v) is 6.76. The van der Waals surface area contributed by atoms with E-state index in [1.807, 2.05) is 12.3 Å². The lowest BCUT2D eigenvalue weighted by molar-refractivity contribution is 0.100. The van der Waals surface area contributed by atoms with Crippen molar-refractivity contribution in [2.24, 2.45) is 17.1 Å². The van der Waals surface area contributed by atoms with Crippen LogP contribution in [0.25, 0.3) is 16.6 Å². The van der Waals surface area contributed by atoms with Crippen LogP contribution in [-0.4, -0.2) is 28.7 Å². The zero-order valence-corrected chi connectivity index (χ0v) is 17.7. The lowest BCUT2D eigenvalue weighted by atomic mass is 9.80. The van der Waals surface area contributed by atoms with Crippen LogP contribution in [0.1, 0.15) is 44.0 Å². The normalized spacial score (nSPS) is 20.4. The summed E-state index contributed by atoms with van der Waals surface area (Å²) in [6.45, 7) is 6.75. The summed E-state index contributed by atoms with van der Waals surface area (Å²) in [5.74, 6) is -0.211. The van der Waals surface area contributed by atoms with Gasteiger partial charge in [-0.3, -0.25) is 4.79 Å². The molecule has 4 rings (SSSR count). The van der Waals surface area contributed by atoms with E-state index in [2.05, 4.69) is 31.2 Å². The summed E-state index contributed by atoms with van der Waals surface area (Å²) in [5, 5.41) is 7.94. The van der Waals surface area contributed by atoms with Crippen molar-refractivity contribution in [1.82, 2.24) is 9.61 Å². The Morgan fingerprint density at radius 3 is 2.67 bits per heavy atom. The van der Waals surface area contributed by atoms with Crippen LogP contribution in [0.3, 0.4) is 0 Å². The molecule has 1 aromatic carbocycles. The molecule has 3 N–H and O–H groups in total. The Hall–Kier alpha value is -3.09. The van der Waals surface area contributed by atoms with Gasteiger partial charge in [-0.05, 0) is 47.9 Å². The Kier molecular flexibility index (Phi) is 4.92. The van der Waals surface area contributed by atoms with E-state index >= 15 is 0 Å². The van der Waals surface area contributed by atoms with E-state index in [1.165, 1.54) is 19.4 Å². The van der Waals surface area contributed by atoms with Gasteiger partial charge in [0.25, 0.3) is 5.91 Å². The van der Waals surface area contributed by atoms with Gasteiger partial charge in [0.1, 0.15) is 0 Å². The van der Waals surface area contributed by atoms with E-state index in [-0.39, 0.29) is 17.2 Å². The third-order valence-electron chi connectivity index (χ3n) is 6.76. The maximum atomic E-state index is 14.2. The van der Waals surface area contributed by atoms with Crippen molar-refractivity contribution in [2.45, 2.75) is 39.7 Å². The Morgan fingerprint density at radius 1 is 1.30 bits per heavy atom. The Bertz CT molecular complexity index is 1120. The Morgan fingerprint density at radius 2 is 2.07 bits per heavy atom. The second kappa shape index (κ2) is 7.31. The molecule has 0 bridgehead atoms. The Labute approximate surface area is 175 Å². The second-order valence-corrected chi connectivity index (χ2v) is 8.70. The van der Waals surface area contributed by atoms with Crippen LogP contribution in [0, 0.1) is 17.2 Å². The van der Waals surface area contributed by atoms with Gasteiger partial charge in [0.2, 0.25) is 0 Å². The highest BCUT2D eigenvalue weighted by atomic mass is 19.1. The molecule has 0 spiro atoms. The highest BCUT2D eigenvalue weighted by Crippen LogP contribution is 2.44. The van der Waals surface area contributed by atoms with Crippen molar-refractivity contribution in [1.29, 1.82) is 0 Å². The van der Waals surface area contributed by atoms with Gasteiger partial charge in [-0.1, -0.05) is 26.8 Å². The van der Waals surface area contributed by atoms with E-state index in [1.54, 1.807) is 16.6 Å². The maximum absolute atomic E-state index is 14.2. The van der Waals surface area contributed by atoms with Crippen LogP contribution in [-0.2, 0) is 0 Å². The molecular formula is C23H27FN4O2. The maximum Gasteiger partial charge on any atom is 0.252 e. The number of hydrogen-bond acceptors (Lipinski definition) is 4. The lowest BCUT2D eigenvalue weighted by Crippen LogP contribution is -2.35. The first-order valence-electron chi connectivity index (χ1n) is 10.1. The molecular weight excluding hydrogens is 383 g/mol. The number of nitrogens with zero attached hydrogens (tertiary/aromatic N) is 2. The van der Waals surface area contributed by atoms with Gasteiger partial charge in [-0.25, -0.2) is 8.91 Å². The summed E-state index contributed by atoms with van der Waals surface area (Å²) in [6.07, 6.45) is 5.43. The molecule has 0 saturated heterocycles. The fourth-order valence-electron chi connectivity index (χ4n) is 4.34. The molecule has 0 aliphatic heterocycles. The van der Waals surface area contributed by atoms with Gasteiger partial charge in [0.05, 0.1) is 30.1 Å². The number of aromatic nitrogens is 2. The predicted octanol–water partition coefficient (Wildman–Crippen LogP) is 4.48. The summed E-state index contributed by atoms with van der Waals surface area (Å²) in [6, 6.07) is 6.91. The number of halogens is 1. The minimum atomic E-state index is -0.533. The molecule has 30 heavy (non-hydrogen) atoms. The summed E-state index contributed by atoms with van der Waals surface area (Å²) < 4.78 is 20.9. The van der Waals surface area contributed by atoms with Crippen LogP contribution < -0.4 is 15.8 Å². The topological polar surface area (TPSA) is 81.6 Å². The van der Waals surface area contributed by atoms with Crippen LogP contribution in [0.4, 0.5) is 10.1 Å². The average molecular weight is 410 g/mol. The molecule has 1 aliphatic rings. The number of rotatable bonds is 5. The Balaban J connectivity index is 1.81. The number of carbonyl (C=O) groups excluding carboxylic acids is 1. The van der Waals surface area contributed by atoms with Crippen LogP contribution in [0.5, 0.6) is 5.75 Å². The number of amides is 1. The minimum Gasteiger partial charge on any atom is -0.494 e. The molecule has 1 saturated carbocycles. The zero-order valence-electron chi connectivity index (χ0n) is 17.7. The molecule has 0 radical (unpaired) electrons. The molecule has 158 valence electrons. The molecule has 7 heteroatoms. The number of ether oxygens (including phenoxy) is 1. The molecule has 1 amide bonds. The molecule has 2 heterocycles. The second-order valence-electron chi connectivity index (χ2n) is 8.70. The fraction of sp³-hybridized carbons (Fsp3) is 0.391. The van der Waals surface area contributed by atoms with Crippen molar-refractivity contribution >= 4 is 17.1 Å². The first-order valence-corrected chi connectivity index (χ1v) is 10.1. The van der Waals surface area contributed by atoms with Gasteiger partial charge in [0.15, 0.2) is 11.6 Å². The van der Waals surface area contributed by atoms with E-state index in [0.717, 1.165) is 23.9 Å². The number of nitrogens with one attached hydrogen (secondary N) is 1. The lowest BCUT2D eigenvalue weighted by Gasteiger charge is -2.33. The van der Waals surface area contributed by atoms with Gasteiger partial charge >= 0.3 is 0 Å². The van der Waals surface area contributed by atoms with Gasteiger partial charge in [0, 0.05) is 17.8 Å². The summed E-state index contributed by atoms with van der Waals surface area (Å²) >= 11 is 0. The number of anilines is 1. The first kappa shape index (κ1) is 20.2. The molecule has 3 aromatic rings. The number of benzene rings is 1. The number of fused-ring (bicyclic) bond motifs is 1. The molecule has 1 unspecified atom stereocenters. The van der Waals surface area contributed by atoms with E-state index in [0.29, 0.717) is 22.7 Å². The van der Waals surface area contributed by atoms with E-state index in [4.69, 9.17) is 10.5 Å². The minimum absolute atomic E-state index is 0.0731. The summed E-state index contributed by atoms with van der Waals surface area (Å²) in [7, 11) is 1.43. The number of hydrogen-bond donors (Lipinski definition) is 2. The highest BCUT2D eigenvalue weighted by Gasteiger charge is 2.41. The summed E-state index contributed by atoms with van der Waals surface area (Å²) in [4.78, 5) is 12.1. The SMILES string of the molecule is COc1ccc(-c2cc3c(N[C@@H]4CCC(C)C4(C)C)c(C(N)=O)cnn3c2)cc1F. The number of methoxy groups -OCH3 is 1. The zero-order chi connectivity index (χ0) is 21.6. The van der Waals surface area contributed by atoms with Crippen molar-refractivity contribution < 1.29 is 13.9 Å². The van der Waals surface area contributed by atoms with Gasteiger partial charge in [-0.15, -0.1) is 0 Å². The van der Waals surface area contributed by atoms with Crippen molar-refractivity contribution in [3.05, 3.63) is 48.0 Å². The van der Waals surface area contributed by atoms with Crippen LogP contribution >= 0.6 is 0 Å². The predicted molar refractivity (Wildman–Crippen MR) is 115 cm³/mol. The number of nitrogens with two attached hydrogens (primary N) is 1. The smallest absolute Gasteiger partial charge is 0.252 e. The third kappa shape index (κ3) is 3.28. The first-order chi connectivity index (χ1) is 14.2. The van der Waals surface area contributed by atoms with Crippen molar-refractivity contribution in [3.8, 4) is 16.9 Å². The van der Waals surface area contributed by atoms with E-state index in [9.17, 15) is 9.18 Å². The molecule has 1 fully saturated rings. The number of primary amides is 1. The fourth-order valence-corrected chi connectivity index (χ4v) is 4.34. The van der Waals surface area contributed by atoms with Gasteiger partial charge < -0.3 is 15.8 Å². The molecule has 2 aromatic heterocycles. The highest BCUT2D eigenvalue weighted by molar-refractivity contribution is 6.02. The summed E-state index contributed by atoms with van der Waals surface area (Å²) in [5.41, 5.74) is 8.96. The number of carbonyl (C=O) groups is 1. The van der Waals surface area contributed by atoms with Crippen LogP contribution in [0.2, 0.25) is 0 Å². The monoisotopic (exact) mass is 410 g/mol. The molecule has 1 aliphatic carbocycles. The van der Waals surface area contributed by atoms with E-state index < -0.39 is 11.7 Å². The standard InChI is InChI=1S/C23H27FN4O2/c1-13-5-8-20(23(13,2)3)27-21-16(22(25)29)11-26-28-12-15(10-18(21)28)14-6-7-19(30-4)17(24)9-14/h6-7,9-13,20,27H,5,8H2,1-4H3,(H2,25,29)/t13?,20-/m1/s1. The van der Waals surface area contributed by atoms with Gasteiger partial charge in [-0.2, -0.15) is 5.10 Å². The molecule has 2 atom stereocenters.